The molecule has 1 rings (SSSR count). The molecule has 2 N–H and O–H groups in total. The van der Waals surface area contributed by atoms with Gasteiger partial charge in [-0.1, -0.05) is 0 Å². The molecule has 0 heterocycles. The van der Waals surface area contributed by atoms with Crippen molar-refractivity contribution in [3.8, 4) is 0 Å². The van der Waals surface area contributed by atoms with Gasteiger partial charge in [-0.25, -0.2) is 0 Å². The highest BCUT2D eigenvalue weighted by molar-refractivity contribution is 4.80. The summed E-state index contributed by atoms with van der Waals surface area (Å²) in [5.41, 5.74) is 14.0. The second-order valence-corrected chi connectivity index (χ2v) is 2.51. The van der Waals surface area contributed by atoms with E-state index in [4.69, 9.17) is 11.5 Å². The minimum Gasteiger partial charge on any atom is -0.258 e. The molecule has 0 aromatic rings. The van der Waals surface area contributed by atoms with Crippen molar-refractivity contribution < 1.29 is 0 Å². The third-order valence-electron chi connectivity index (χ3n) is 2.10. The van der Waals surface area contributed by atoms with Crippen molar-refractivity contribution in [1.29, 1.82) is 0 Å². The van der Waals surface area contributed by atoms with E-state index in [-0.39, 0.29) is 0 Å². The Morgan fingerprint density at radius 2 is 1.38 bits per heavy atom. The molecule has 0 amide bonds. The first-order valence-corrected chi connectivity index (χ1v) is 3.17. The average Bonchev–Trinajstić information content (AvgIpc) is 1.66. The highest BCUT2D eigenvalue weighted by atomic mass is 14.6. The summed E-state index contributed by atoms with van der Waals surface area (Å²) in [6, 6.07) is 0. The highest BCUT2D eigenvalue weighted by Gasteiger charge is 2.27. The molecule has 0 saturated heterocycles. The first kappa shape index (κ1) is 6.05. The Hall–Kier alpha value is -0.0800. The van der Waals surface area contributed by atoms with Gasteiger partial charge in [-0.15, -0.1) is 0 Å². The van der Waals surface area contributed by atoms with E-state index >= 15 is 0 Å². The lowest BCUT2D eigenvalue weighted by Gasteiger charge is -2.33. The smallest absolute Gasteiger partial charge is 0.0131 e. The van der Waals surface area contributed by atoms with Gasteiger partial charge in [0, 0.05) is 13.1 Å². The first-order valence-electron chi connectivity index (χ1n) is 3.17. The van der Waals surface area contributed by atoms with Crippen molar-refractivity contribution in [3.05, 3.63) is 0 Å². The Balaban J connectivity index is 2.16. The van der Waals surface area contributed by atoms with E-state index in [2.05, 4.69) is 0 Å². The lowest BCUT2D eigenvalue weighted by molar-refractivity contribution is 0.188. The second kappa shape index (κ2) is 2.46. The normalized spacial score (nSPS) is 36.8. The van der Waals surface area contributed by atoms with Crippen molar-refractivity contribution >= 4 is 0 Å². The predicted molar refractivity (Wildman–Crippen MR) is 32.1 cm³/mol. The molecule has 0 aromatic heterocycles. The van der Waals surface area contributed by atoms with Crippen LogP contribution in [0.3, 0.4) is 0 Å². The zero-order chi connectivity index (χ0) is 5.98. The van der Waals surface area contributed by atoms with Crippen LogP contribution in [0.15, 0.2) is 0 Å². The summed E-state index contributed by atoms with van der Waals surface area (Å²) in [4.78, 5) is 0. The molecule has 2 nitrogen and oxygen atoms in total. The van der Waals surface area contributed by atoms with E-state index in [0.717, 1.165) is 0 Å². The first-order chi connectivity index (χ1) is 3.88. The van der Waals surface area contributed by atoms with Gasteiger partial charge >= 0.3 is 0 Å². The largest absolute Gasteiger partial charge is 0.258 e. The fourth-order valence-electron chi connectivity index (χ4n) is 1.18. The fraction of sp³-hybridized carbons (Fsp3) is 1.00. The molecular weight excluding hydrogens is 100 g/mol. The lowest BCUT2D eigenvalue weighted by Crippen LogP contribution is -2.32. The van der Waals surface area contributed by atoms with Crippen LogP contribution in [0.25, 0.3) is 0 Å². The van der Waals surface area contributed by atoms with Gasteiger partial charge in [0.25, 0.3) is 0 Å². The molecule has 1 saturated carbocycles. The van der Waals surface area contributed by atoms with Crippen LogP contribution in [-0.4, -0.2) is 13.1 Å². The minimum absolute atomic E-state index is 0.545. The van der Waals surface area contributed by atoms with Crippen LogP contribution < -0.4 is 11.5 Å². The quantitative estimate of drug-likeness (QED) is 0.501. The maximum Gasteiger partial charge on any atom is 0.0131 e. The molecule has 1 aliphatic carbocycles. The summed E-state index contributed by atoms with van der Waals surface area (Å²) < 4.78 is 0. The zero-order valence-electron chi connectivity index (χ0n) is 4.98. The van der Waals surface area contributed by atoms with E-state index in [1.807, 2.05) is 0 Å². The van der Waals surface area contributed by atoms with E-state index in [1.54, 1.807) is 0 Å². The second-order valence-electron chi connectivity index (χ2n) is 2.51. The monoisotopic (exact) mass is 112 g/mol. The van der Waals surface area contributed by atoms with Gasteiger partial charge in [0.2, 0.25) is 0 Å². The van der Waals surface area contributed by atoms with Crippen LogP contribution in [0.4, 0.5) is 0 Å². The molecule has 46 valence electrons. The van der Waals surface area contributed by atoms with Gasteiger partial charge in [-0.3, -0.25) is 11.5 Å². The zero-order valence-corrected chi connectivity index (χ0v) is 4.98. The predicted octanol–water partition coefficient (Wildman–Crippen LogP) is 0.578. The van der Waals surface area contributed by atoms with Crippen LogP contribution in [0, 0.1) is 11.8 Å². The van der Waals surface area contributed by atoms with Crippen LogP contribution in [-0.2, 0) is 0 Å². The molecule has 0 aromatic carbocycles. The van der Waals surface area contributed by atoms with Crippen LogP contribution >= 0.6 is 0 Å². The number of nitrogens with one attached hydrogen (secondary N) is 2. The summed E-state index contributed by atoms with van der Waals surface area (Å²) in [7, 11) is 0. The Bertz CT molecular complexity index is 58.9. The lowest BCUT2D eigenvalue weighted by atomic mass is 9.74. The molecule has 2 atom stereocenters. The molecule has 2 radical (unpaired) electrons. The molecule has 1 fully saturated rings. The van der Waals surface area contributed by atoms with Gasteiger partial charge in [0.1, 0.15) is 0 Å². The van der Waals surface area contributed by atoms with Crippen molar-refractivity contribution in [3.63, 3.8) is 0 Å². The van der Waals surface area contributed by atoms with Crippen LogP contribution in [0.2, 0.25) is 0 Å². The number of hydrogen-bond donors (Lipinski definition) is 0. The van der Waals surface area contributed by atoms with Crippen molar-refractivity contribution in [2.45, 2.75) is 12.8 Å². The van der Waals surface area contributed by atoms with Gasteiger partial charge in [-0.05, 0) is 24.7 Å². The van der Waals surface area contributed by atoms with Gasteiger partial charge in [0.15, 0.2) is 0 Å². The number of hydrogen-bond acceptors (Lipinski definition) is 0. The summed E-state index contributed by atoms with van der Waals surface area (Å²) in [6.45, 7) is 1.09. The topological polar surface area (TPSA) is 47.6 Å². The van der Waals surface area contributed by atoms with E-state index in [9.17, 15) is 0 Å². The highest BCUT2D eigenvalue weighted by Crippen LogP contribution is 2.32. The summed E-state index contributed by atoms with van der Waals surface area (Å²) in [5.74, 6) is 1.15. The average molecular weight is 112 g/mol. The van der Waals surface area contributed by atoms with Gasteiger partial charge in [0.05, 0.1) is 0 Å². The van der Waals surface area contributed by atoms with Crippen molar-refractivity contribution in [2.24, 2.45) is 11.8 Å². The van der Waals surface area contributed by atoms with Gasteiger partial charge in [-0.2, -0.15) is 0 Å². The molecule has 0 bridgehead atoms. The van der Waals surface area contributed by atoms with E-state index in [0.29, 0.717) is 24.9 Å². The molecule has 8 heavy (non-hydrogen) atoms. The maximum atomic E-state index is 7.01. The maximum absolute atomic E-state index is 7.01. The standard InChI is InChI=1S/C6H12N2/c7-3-5-1-2-6(5)4-8/h5-8H,1-4H2. The Morgan fingerprint density at radius 1 is 1.00 bits per heavy atom. The number of rotatable bonds is 2. The molecule has 2 unspecified atom stereocenters. The van der Waals surface area contributed by atoms with Crippen molar-refractivity contribution in [1.82, 2.24) is 11.5 Å². The van der Waals surface area contributed by atoms with Crippen molar-refractivity contribution in [2.75, 3.05) is 13.1 Å². The Morgan fingerprint density at radius 3 is 1.50 bits per heavy atom. The molecule has 0 spiro atoms. The summed E-state index contributed by atoms with van der Waals surface area (Å²) in [5, 5.41) is 0. The SMILES string of the molecule is [NH]CC1CCC1C[NH]. The Kier molecular flexibility index (Phi) is 1.86. The Labute approximate surface area is 50.2 Å². The van der Waals surface area contributed by atoms with E-state index < -0.39 is 0 Å². The van der Waals surface area contributed by atoms with E-state index in [1.165, 1.54) is 12.8 Å². The summed E-state index contributed by atoms with van der Waals surface area (Å²) >= 11 is 0. The van der Waals surface area contributed by atoms with Crippen LogP contribution in [0.5, 0.6) is 0 Å². The fourth-order valence-corrected chi connectivity index (χ4v) is 1.18. The molecule has 1 aliphatic rings. The molecule has 2 heteroatoms. The minimum atomic E-state index is 0.545. The molecular formula is C6H12N2. The van der Waals surface area contributed by atoms with Crippen LogP contribution in [0.1, 0.15) is 12.8 Å². The summed E-state index contributed by atoms with van der Waals surface area (Å²) in [6.07, 6.45) is 2.40. The third kappa shape index (κ3) is 0.858. The third-order valence-corrected chi connectivity index (χ3v) is 2.10. The molecule has 0 aliphatic heterocycles. The van der Waals surface area contributed by atoms with Gasteiger partial charge < -0.3 is 0 Å².